The second-order valence-corrected chi connectivity index (χ2v) is 7.13. The average molecular weight is 361 g/mol. The van der Waals surface area contributed by atoms with Crippen LogP contribution in [0.25, 0.3) is 5.57 Å². The van der Waals surface area contributed by atoms with Crippen molar-refractivity contribution in [3.05, 3.63) is 41.5 Å². The first-order valence-corrected chi connectivity index (χ1v) is 9.87. The van der Waals surface area contributed by atoms with Crippen LogP contribution in [0.2, 0.25) is 0 Å². The van der Waals surface area contributed by atoms with E-state index in [-0.39, 0.29) is 5.91 Å². The standard InChI is InChI=1S/C17H19N3O2S2/c1-23-15-3-2-13(11-19-15)14(10-12-4-7-22-8-5-12)16(21)20-17-18-6-9-24-17/h2-3,6,9-12H,4-5,7-8H2,1H3,(H,18,20,21). The van der Waals surface area contributed by atoms with Crippen molar-refractivity contribution in [1.82, 2.24) is 9.97 Å². The van der Waals surface area contributed by atoms with Crippen LogP contribution in [0.5, 0.6) is 0 Å². The average Bonchev–Trinajstić information content (AvgIpc) is 3.13. The number of nitrogens with zero attached hydrogens (tertiary/aromatic N) is 2. The number of allylic oxidation sites excluding steroid dienone is 1. The SMILES string of the molecule is CSc1ccc(C(=CC2CCOCC2)C(=O)Nc2nccs2)cn1. The molecule has 1 saturated heterocycles. The van der Waals surface area contributed by atoms with Gasteiger partial charge in [0.2, 0.25) is 0 Å². The monoisotopic (exact) mass is 361 g/mol. The minimum Gasteiger partial charge on any atom is -0.381 e. The molecule has 1 fully saturated rings. The summed E-state index contributed by atoms with van der Waals surface area (Å²) >= 11 is 2.99. The highest BCUT2D eigenvalue weighted by molar-refractivity contribution is 7.98. The molecule has 0 bridgehead atoms. The maximum atomic E-state index is 12.8. The second kappa shape index (κ2) is 8.41. The third kappa shape index (κ3) is 4.43. The number of carbonyl (C=O) groups excluding carboxylic acids is 1. The van der Waals surface area contributed by atoms with E-state index in [1.54, 1.807) is 24.2 Å². The Hall–Kier alpha value is -1.70. The van der Waals surface area contributed by atoms with E-state index in [2.05, 4.69) is 21.4 Å². The van der Waals surface area contributed by atoms with Crippen LogP contribution in [0.15, 0.2) is 41.0 Å². The van der Waals surface area contributed by atoms with Crippen LogP contribution in [-0.4, -0.2) is 35.3 Å². The zero-order valence-corrected chi connectivity index (χ0v) is 15.0. The van der Waals surface area contributed by atoms with E-state index in [1.807, 2.05) is 23.8 Å². The van der Waals surface area contributed by atoms with Gasteiger partial charge in [-0.2, -0.15) is 0 Å². The van der Waals surface area contributed by atoms with Gasteiger partial charge in [0.15, 0.2) is 5.13 Å². The maximum Gasteiger partial charge on any atom is 0.257 e. The lowest BCUT2D eigenvalue weighted by Gasteiger charge is -2.20. The highest BCUT2D eigenvalue weighted by Crippen LogP contribution is 2.25. The third-order valence-electron chi connectivity index (χ3n) is 3.82. The molecule has 1 aliphatic heterocycles. The highest BCUT2D eigenvalue weighted by atomic mass is 32.2. The summed E-state index contributed by atoms with van der Waals surface area (Å²) in [6, 6.07) is 3.89. The van der Waals surface area contributed by atoms with Crippen LogP contribution in [-0.2, 0) is 9.53 Å². The molecule has 24 heavy (non-hydrogen) atoms. The molecule has 0 atom stereocenters. The Morgan fingerprint density at radius 1 is 1.38 bits per heavy atom. The Morgan fingerprint density at radius 3 is 2.83 bits per heavy atom. The lowest BCUT2D eigenvalue weighted by molar-refractivity contribution is -0.111. The van der Waals surface area contributed by atoms with Gasteiger partial charge in [0, 0.05) is 42.1 Å². The normalized spacial score (nSPS) is 16.1. The molecule has 1 aliphatic rings. The molecule has 1 N–H and O–H groups in total. The molecule has 3 heterocycles. The largest absolute Gasteiger partial charge is 0.381 e. The summed E-state index contributed by atoms with van der Waals surface area (Å²) in [5, 5.41) is 6.25. The summed E-state index contributed by atoms with van der Waals surface area (Å²) in [4.78, 5) is 21.3. The minimum atomic E-state index is -0.143. The van der Waals surface area contributed by atoms with Crippen molar-refractivity contribution in [1.29, 1.82) is 0 Å². The van der Waals surface area contributed by atoms with Gasteiger partial charge in [-0.15, -0.1) is 23.1 Å². The molecular formula is C17H19N3O2S2. The number of pyridine rings is 1. The molecule has 0 radical (unpaired) electrons. The van der Waals surface area contributed by atoms with Crippen molar-refractivity contribution in [3.8, 4) is 0 Å². The van der Waals surface area contributed by atoms with Gasteiger partial charge in [-0.25, -0.2) is 9.97 Å². The number of anilines is 1. The fraction of sp³-hybridized carbons (Fsp3) is 0.353. The van der Waals surface area contributed by atoms with Gasteiger partial charge in [0.05, 0.1) is 5.03 Å². The second-order valence-electron chi connectivity index (χ2n) is 5.41. The quantitative estimate of drug-likeness (QED) is 0.650. The number of aromatic nitrogens is 2. The van der Waals surface area contributed by atoms with E-state index >= 15 is 0 Å². The van der Waals surface area contributed by atoms with Crippen molar-refractivity contribution < 1.29 is 9.53 Å². The first-order valence-electron chi connectivity index (χ1n) is 7.77. The summed E-state index contributed by atoms with van der Waals surface area (Å²) in [5.41, 5.74) is 1.48. The van der Waals surface area contributed by atoms with Gasteiger partial charge in [-0.05, 0) is 37.1 Å². The van der Waals surface area contributed by atoms with E-state index in [0.717, 1.165) is 36.6 Å². The van der Waals surface area contributed by atoms with Crippen LogP contribution in [0.3, 0.4) is 0 Å². The number of thioether (sulfide) groups is 1. The number of ether oxygens (including phenoxy) is 1. The number of carbonyl (C=O) groups is 1. The molecule has 2 aromatic rings. The summed E-state index contributed by atoms with van der Waals surface area (Å²) in [7, 11) is 0. The van der Waals surface area contributed by atoms with Crippen molar-refractivity contribution in [3.63, 3.8) is 0 Å². The van der Waals surface area contributed by atoms with Gasteiger partial charge >= 0.3 is 0 Å². The predicted octanol–water partition coefficient (Wildman–Crippen LogP) is 3.71. The van der Waals surface area contributed by atoms with Gasteiger partial charge in [-0.3, -0.25) is 10.1 Å². The Balaban J connectivity index is 1.86. The lowest BCUT2D eigenvalue weighted by atomic mass is 9.94. The number of amides is 1. The number of rotatable bonds is 5. The van der Waals surface area contributed by atoms with Gasteiger partial charge in [0.1, 0.15) is 0 Å². The van der Waals surface area contributed by atoms with Crippen molar-refractivity contribution in [2.24, 2.45) is 5.92 Å². The van der Waals surface area contributed by atoms with Crippen LogP contribution >= 0.6 is 23.1 Å². The van der Waals surface area contributed by atoms with Gasteiger partial charge < -0.3 is 4.74 Å². The lowest BCUT2D eigenvalue weighted by Crippen LogP contribution is -2.18. The summed E-state index contributed by atoms with van der Waals surface area (Å²) < 4.78 is 5.41. The molecule has 0 aliphatic carbocycles. The van der Waals surface area contributed by atoms with Crippen molar-refractivity contribution in [2.75, 3.05) is 24.8 Å². The van der Waals surface area contributed by atoms with Gasteiger partial charge in [0.25, 0.3) is 5.91 Å². The Labute approximate surface area is 149 Å². The maximum absolute atomic E-state index is 12.8. The van der Waals surface area contributed by atoms with Crippen LogP contribution in [0, 0.1) is 5.92 Å². The third-order valence-corrected chi connectivity index (χ3v) is 5.17. The summed E-state index contributed by atoms with van der Waals surface area (Å²) in [5.74, 6) is 0.200. The first kappa shape index (κ1) is 17.1. The van der Waals surface area contributed by atoms with Crippen LogP contribution < -0.4 is 5.32 Å². The summed E-state index contributed by atoms with van der Waals surface area (Å²) in [6.07, 6.45) is 9.35. The first-order chi connectivity index (χ1) is 11.8. The van der Waals surface area contributed by atoms with E-state index in [0.29, 0.717) is 16.6 Å². The van der Waals surface area contributed by atoms with Crippen LogP contribution in [0.1, 0.15) is 18.4 Å². The Bertz CT molecular complexity index is 693. The minimum absolute atomic E-state index is 0.143. The number of hydrogen-bond donors (Lipinski definition) is 1. The molecule has 0 unspecified atom stereocenters. The van der Waals surface area contributed by atoms with Crippen molar-refractivity contribution >= 4 is 39.7 Å². The topological polar surface area (TPSA) is 64.1 Å². The molecular weight excluding hydrogens is 342 g/mol. The molecule has 1 amide bonds. The molecule has 0 saturated carbocycles. The Morgan fingerprint density at radius 2 is 2.21 bits per heavy atom. The smallest absolute Gasteiger partial charge is 0.257 e. The fourth-order valence-electron chi connectivity index (χ4n) is 2.53. The van der Waals surface area contributed by atoms with E-state index < -0.39 is 0 Å². The van der Waals surface area contributed by atoms with E-state index in [1.165, 1.54) is 11.3 Å². The predicted molar refractivity (Wildman–Crippen MR) is 98.3 cm³/mol. The Kier molecular flexibility index (Phi) is 6.01. The number of thiazole rings is 1. The molecule has 7 heteroatoms. The van der Waals surface area contributed by atoms with Gasteiger partial charge in [-0.1, -0.05) is 6.08 Å². The number of nitrogens with one attached hydrogen (secondary N) is 1. The molecule has 2 aromatic heterocycles. The molecule has 0 spiro atoms. The molecule has 5 nitrogen and oxygen atoms in total. The van der Waals surface area contributed by atoms with Crippen LogP contribution in [0.4, 0.5) is 5.13 Å². The van der Waals surface area contributed by atoms with Crippen molar-refractivity contribution in [2.45, 2.75) is 17.9 Å². The zero-order chi connectivity index (χ0) is 16.8. The fourth-order valence-corrected chi connectivity index (χ4v) is 3.42. The summed E-state index contributed by atoms with van der Waals surface area (Å²) in [6.45, 7) is 1.48. The van der Waals surface area contributed by atoms with E-state index in [4.69, 9.17) is 4.74 Å². The zero-order valence-electron chi connectivity index (χ0n) is 13.4. The molecule has 3 rings (SSSR count). The highest BCUT2D eigenvalue weighted by Gasteiger charge is 2.18. The molecule has 126 valence electrons. The molecule has 0 aromatic carbocycles. The van der Waals surface area contributed by atoms with E-state index in [9.17, 15) is 4.79 Å². The number of hydrogen-bond acceptors (Lipinski definition) is 6.